The van der Waals surface area contributed by atoms with E-state index in [0.717, 1.165) is 22.3 Å². The van der Waals surface area contributed by atoms with E-state index in [9.17, 15) is 4.79 Å². The molecular weight excluding hydrogens is 318 g/mol. The lowest BCUT2D eigenvalue weighted by atomic mass is 10.2. The number of hydrogen-bond donors (Lipinski definition) is 1. The van der Waals surface area contributed by atoms with E-state index in [1.54, 1.807) is 0 Å². The predicted molar refractivity (Wildman–Crippen MR) is 94.4 cm³/mol. The molecule has 1 N–H and O–H groups in total. The summed E-state index contributed by atoms with van der Waals surface area (Å²) in [7, 11) is 0. The Hall–Kier alpha value is -2.89. The van der Waals surface area contributed by atoms with Crippen molar-refractivity contribution in [2.75, 3.05) is 6.61 Å². The van der Waals surface area contributed by atoms with E-state index in [1.165, 1.54) is 0 Å². The summed E-state index contributed by atoms with van der Waals surface area (Å²) in [6.07, 6.45) is 0.658. The first-order valence-corrected chi connectivity index (χ1v) is 8.28. The topological polar surface area (TPSA) is 77.2 Å². The zero-order valence-electron chi connectivity index (χ0n) is 14.6. The predicted octanol–water partition coefficient (Wildman–Crippen LogP) is 3.10. The molecule has 25 heavy (non-hydrogen) atoms. The van der Waals surface area contributed by atoms with Crippen LogP contribution < -0.4 is 10.1 Å². The summed E-state index contributed by atoms with van der Waals surface area (Å²) in [5, 5.41) is 3.56. The minimum absolute atomic E-state index is 0.105. The summed E-state index contributed by atoms with van der Waals surface area (Å²) in [5.74, 6) is 1.59. The molecule has 0 saturated carbocycles. The molecule has 3 rings (SSSR count). The average molecular weight is 339 g/mol. The molecule has 2 aromatic heterocycles. The van der Waals surface area contributed by atoms with Gasteiger partial charge in [0, 0.05) is 18.5 Å². The third-order valence-corrected chi connectivity index (χ3v) is 4.03. The fraction of sp³-hybridized carbons (Fsp3) is 0.316. The summed E-state index contributed by atoms with van der Waals surface area (Å²) >= 11 is 0. The number of furan rings is 1. The molecule has 0 bridgehead atoms. The molecule has 3 aromatic rings. The normalized spacial score (nSPS) is 10.8. The highest BCUT2D eigenvalue weighted by atomic mass is 16.5. The smallest absolute Gasteiger partial charge is 0.258 e. The molecule has 0 aliphatic heterocycles. The number of aromatic nitrogens is 2. The summed E-state index contributed by atoms with van der Waals surface area (Å²) < 4.78 is 11.3. The summed E-state index contributed by atoms with van der Waals surface area (Å²) in [6, 6.07) is 9.73. The van der Waals surface area contributed by atoms with Crippen molar-refractivity contribution >= 4 is 17.0 Å². The lowest BCUT2D eigenvalue weighted by Crippen LogP contribution is -2.28. The number of carbonyl (C=O) groups excluding carboxylic acids is 1. The molecule has 2 heterocycles. The molecule has 0 aliphatic carbocycles. The van der Waals surface area contributed by atoms with Crippen LogP contribution >= 0.6 is 0 Å². The zero-order valence-corrected chi connectivity index (χ0v) is 14.6. The van der Waals surface area contributed by atoms with Crippen LogP contribution in [0.5, 0.6) is 5.88 Å². The van der Waals surface area contributed by atoms with Gasteiger partial charge in [0.25, 0.3) is 5.91 Å². The molecule has 1 aromatic carbocycles. The van der Waals surface area contributed by atoms with Crippen LogP contribution in [0.1, 0.15) is 29.6 Å². The second-order valence-electron chi connectivity index (χ2n) is 5.81. The van der Waals surface area contributed by atoms with Crippen molar-refractivity contribution in [3.63, 3.8) is 0 Å². The highest BCUT2D eigenvalue weighted by molar-refractivity contribution is 5.84. The number of ether oxygens (including phenoxy) is 1. The van der Waals surface area contributed by atoms with Gasteiger partial charge in [0.2, 0.25) is 11.6 Å². The SMILES string of the molecule is CCc1nc(OCC(=O)NCc2ccccc2)c2c(C)c(C)oc2n1. The molecule has 0 saturated heterocycles. The largest absolute Gasteiger partial charge is 0.467 e. The van der Waals surface area contributed by atoms with Crippen LogP contribution in [-0.4, -0.2) is 22.5 Å². The lowest BCUT2D eigenvalue weighted by Gasteiger charge is -2.09. The van der Waals surface area contributed by atoms with Gasteiger partial charge in [-0.05, 0) is 19.4 Å². The van der Waals surface area contributed by atoms with Crippen molar-refractivity contribution in [2.45, 2.75) is 33.7 Å². The van der Waals surface area contributed by atoms with Crippen molar-refractivity contribution in [3.8, 4) is 5.88 Å². The molecule has 130 valence electrons. The third kappa shape index (κ3) is 3.79. The van der Waals surface area contributed by atoms with Crippen LogP contribution in [0.4, 0.5) is 0 Å². The maximum absolute atomic E-state index is 12.1. The van der Waals surface area contributed by atoms with Gasteiger partial charge in [0.1, 0.15) is 17.0 Å². The van der Waals surface area contributed by atoms with E-state index in [1.807, 2.05) is 51.1 Å². The van der Waals surface area contributed by atoms with Crippen LogP contribution in [0.2, 0.25) is 0 Å². The standard InChI is InChI=1S/C19H21N3O3/c1-4-15-21-18(17-12(2)13(3)25-19(17)22-15)24-11-16(23)20-10-14-8-6-5-7-9-14/h5-9H,4,10-11H2,1-3H3,(H,20,23). The van der Waals surface area contributed by atoms with E-state index in [0.29, 0.717) is 30.4 Å². The summed E-state index contributed by atoms with van der Waals surface area (Å²) in [5.41, 5.74) is 2.47. The van der Waals surface area contributed by atoms with E-state index in [4.69, 9.17) is 9.15 Å². The van der Waals surface area contributed by atoms with Gasteiger partial charge in [-0.25, -0.2) is 0 Å². The number of carbonyl (C=O) groups is 1. The van der Waals surface area contributed by atoms with Gasteiger partial charge >= 0.3 is 0 Å². The Morgan fingerprint density at radius 2 is 1.96 bits per heavy atom. The Labute approximate surface area is 146 Å². The maximum Gasteiger partial charge on any atom is 0.258 e. The van der Waals surface area contributed by atoms with Gasteiger partial charge in [0.05, 0.1) is 0 Å². The van der Waals surface area contributed by atoms with Crippen LogP contribution in [-0.2, 0) is 17.8 Å². The van der Waals surface area contributed by atoms with Gasteiger partial charge in [-0.2, -0.15) is 9.97 Å². The van der Waals surface area contributed by atoms with Gasteiger partial charge in [-0.3, -0.25) is 4.79 Å². The fourth-order valence-corrected chi connectivity index (χ4v) is 2.50. The minimum atomic E-state index is -0.202. The van der Waals surface area contributed by atoms with Crippen molar-refractivity contribution < 1.29 is 13.9 Å². The monoisotopic (exact) mass is 339 g/mol. The van der Waals surface area contributed by atoms with E-state index in [-0.39, 0.29) is 12.5 Å². The second-order valence-corrected chi connectivity index (χ2v) is 5.81. The molecule has 1 amide bonds. The fourth-order valence-electron chi connectivity index (χ4n) is 2.50. The number of aryl methyl sites for hydroxylation is 3. The molecular formula is C19H21N3O3. The van der Waals surface area contributed by atoms with Crippen LogP contribution in [0.3, 0.4) is 0 Å². The van der Waals surface area contributed by atoms with Crippen molar-refractivity contribution in [3.05, 3.63) is 53.0 Å². The van der Waals surface area contributed by atoms with Crippen LogP contribution in [0, 0.1) is 13.8 Å². The quantitative estimate of drug-likeness (QED) is 0.747. The molecule has 6 heteroatoms. The molecule has 0 unspecified atom stereocenters. The molecule has 0 fully saturated rings. The Kier molecular flexibility index (Phi) is 4.97. The van der Waals surface area contributed by atoms with E-state index >= 15 is 0 Å². The number of benzene rings is 1. The zero-order chi connectivity index (χ0) is 17.8. The number of nitrogens with one attached hydrogen (secondary N) is 1. The second kappa shape index (κ2) is 7.34. The Morgan fingerprint density at radius 1 is 1.20 bits per heavy atom. The number of fused-ring (bicyclic) bond motifs is 1. The average Bonchev–Trinajstić information content (AvgIpc) is 2.92. The summed E-state index contributed by atoms with van der Waals surface area (Å²) in [4.78, 5) is 20.9. The first kappa shape index (κ1) is 17.0. The molecule has 0 aliphatic rings. The minimum Gasteiger partial charge on any atom is -0.467 e. The number of hydrogen-bond acceptors (Lipinski definition) is 5. The van der Waals surface area contributed by atoms with Crippen molar-refractivity contribution in [2.24, 2.45) is 0 Å². The number of nitrogens with zero attached hydrogens (tertiary/aromatic N) is 2. The lowest BCUT2D eigenvalue weighted by molar-refractivity contribution is -0.123. The molecule has 0 spiro atoms. The Balaban J connectivity index is 1.71. The third-order valence-electron chi connectivity index (χ3n) is 4.03. The maximum atomic E-state index is 12.1. The molecule has 0 atom stereocenters. The van der Waals surface area contributed by atoms with Crippen LogP contribution in [0.15, 0.2) is 34.7 Å². The van der Waals surface area contributed by atoms with E-state index < -0.39 is 0 Å². The van der Waals surface area contributed by atoms with Gasteiger partial charge in [-0.15, -0.1) is 0 Å². The van der Waals surface area contributed by atoms with Gasteiger partial charge in [-0.1, -0.05) is 37.3 Å². The van der Waals surface area contributed by atoms with Crippen LogP contribution in [0.25, 0.3) is 11.1 Å². The van der Waals surface area contributed by atoms with Gasteiger partial charge in [0.15, 0.2) is 6.61 Å². The molecule has 6 nitrogen and oxygen atoms in total. The highest BCUT2D eigenvalue weighted by Gasteiger charge is 2.17. The van der Waals surface area contributed by atoms with Gasteiger partial charge < -0.3 is 14.5 Å². The summed E-state index contributed by atoms with van der Waals surface area (Å²) in [6.45, 7) is 6.12. The molecule has 0 radical (unpaired) electrons. The first-order chi connectivity index (χ1) is 12.1. The number of rotatable bonds is 6. The first-order valence-electron chi connectivity index (χ1n) is 8.28. The van der Waals surface area contributed by atoms with Crippen molar-refractivity contribution in [1.29, 1.82) is 0 Å². The van der Waals surface area contributed by atoms with E-state index in [2.05, 4.69) is 15.3 Å². The Bertz CT molecular complexity index is 888. The number of amides is 1. The highest BCUT2D eigenvalue weighted by Crippen LogP contribution is 2.30. The Morgan fingerprint density at radius 3 is 2.68 bits per heavy atom. The van der Waals surface area contributed by atoms with Crippen molar-refractivity contribution in [1.82, 2.24) is 15.3 Å².